The molecule has 1 aromatic rings. The number of unbranched alkanes of at least 4 members (excludes halogenated alkanes) is 3. The number of hydrogen-bond acceptors (Lipinski definition) is 30. The number of carbonyl (C=O) groups excluding carboxylic acids is 20. The molecule has 0 unspecified atom stereocenters. The maximum atomic E-state index is 14.5. The largest absolute Gasteiger partial charge is 0.481 e. The summed E-state index contributed by atoms with van der Waals surface area (Å²) in [7, 11) is 0. The van der Waals surface area contributed by atoms with E-state index >= 15 is 0 Å². The lowest BCUT2D eigenvalue weighted by Crippen LogP contribution is -2.61. The van der Waals surface area contributed by atoms with Crippen molar-refractivity contribution in [3.8, 4) is 0 Å². The van der Waals surface area contributed by atoms with Crippen LogP contribution in [0.3, 0.4) is 0 Å². The van der Waals surface area contributed by atoms with E-state index in [1.165, 1.54) is 27.7 Å². The van der Waals surface area contributed by atoms with Crippen molar-refractivity contribution in [3.63, 3.8) is 0 Å². The highest BCUT2D eigenvalue weighted by Gasteiger charge is 2.40. The highest BCUT2D eigenvalue weighted by Crippen LogP contribution is 2.16. The molecule has 18 atom stereocenters. The van der Waals surface area contributed by atoms with Crippen LogP contribution in [0.15, 0.2) is 30.3 Å². The first-order chi connectivity index (χ1) is 66.1. The molecule has 0 heterocycles. The van der Waals surface area contributed by atoms with E-state index < -0.39 is 334 Å². The predicted molar refractivity (Wildman–Crippen MR) is 495 cm³/mol. The number of aliphatic carboxylic acids is 5. The van der Waals surface area contributed by atoms with Crippen LogP contribution in [0.4, 0.5) is 0 Å². The monoisotopic (exact) mass is 2010 g/mol. The van der Waals surface area contributed by atoms with E-state index in [4.69, 9.17) is 39.5 Å². The van der Waals surface area contributed by atoms with Crippen molar-refractivity contribution < 1.29 is 151 Å². The van der Waals surface area contributed by atoms with Gasteiger partial charge in [-0.05, 0) is 134 Å². The number of hydrogen-bond donors (Lipinski definition) is 30. The molecule has 55 nitrogen and oxygen atoms in total. The summed E-state index contributed by atoms with van der Waals surface area (Å²) in [6.45, 7) is 10.4. The van der Waals surface area contributed by atoms with Crippen LogP contribution in [0.2, 0.25) is 0 Å². The predicted octanol–water partition coefficient (Wildman–Crippen LogP) is -10.8. The second-order valence-electron chi connectivity index (χ2n) is 34.2. The van der Waals surface area contributed by atoms with Gasteiger partial charge < -0.3 is 161 Å². The Balaban J connectivity index is 3.46. The van der Waals surface area contributed by atoms with E-state index in [1.807, 2.05) is 0 Å². The second-order valence-corrected chi connectivity index (χ2v) is 34.2. The smallest absolute Gasteiger partial charge is 0.326 e. The quantitative estimate of drug-likeness (QED) is 0.0269. The molecule has 20 amide bonds. The van der Waals surface area contributed by atoms with Crippen LogP contribution >= 0.6 is 0 Å². The molecule has 0 radical (unpaired) electrons. The lowest BCUT2D eigenvalue weighted by Gasteiger charge is -2.28. The number of benzene rings is 1. The third kappa shape index (κ3) is 49.8. The molecule has 0 aliphatic rings. The molecule has 0 aromatic heterocycles. The van der Waals surface area contributed by atoms with Crippen LogP contribution < -0.4 is 130 Å². The normalized spacial score (nSPS) is 14.9. The molecule has 0 fully saturated rings. The van der Waals surface area contributed by atoms with Crippen LogP contribution in [0, 0.1) is 17.8 Å². The highest BCUT2D eigenvalue weighted by atomic mass is 16.4. The number of primary amides is 2. The van der Waals surface area contributed by atoms with Gasteiger partial charge in [0.25, 0.3) is 0 Å². The van der Waals surface area contributed by atoms with E-state index in [0.29, 0.717) is 37.8 Å². The van der Waals surface area contributed by atoms with Gasteiger partial charge in [-0.25, -0.2) is 4.79 Å². The molecule has 0 saturated heterocycles. The summed E-state index contributed by atoms with van der Waals surface area (Å²) in [6.07, 6.45) is -5.26. The van der Waals surface area contributed by atoms with E-state index in [-0.39, 0.29) is 70.4 Å². The summed E-state index contributed by atoms with van der Waals surface area (Å²) < 4.78 is 0. The topological polar surface area (TPSA) is 921 Å². The minimum atomic E-state index is -2.01. The standard InChI is InChI=1S/C86H140N24O31/c1-10-43(6)69(85(139)107-58(86(140)141)37-67(122)123)109-63(115)39-94-75(129)59(40-111)108-72(126)46(9)95-76(130)49(23-15-18-30-88)98-62(114)38-93-74(128)53(32-41(2)3)104-81(135)54(33-47-20-12-11-13-21-47)105-82(136)56(35-61(92)113)103-71(125)45(8)97-80(134)55(34-60(91)112)102-70(124)44(7)96-77(131)51(25-27-64(116)117)100-79(133)52(26-28-65(118)119)101-84(138)68(42(4)5)110-83(137)57(36-66(120)121)106-78(132)50(24-16-19-31-89)99-73(127)48(90)22-14-17-29-87/h11-13,20-21,41-46,48-59,68-69,111H,10,14-19,22-40,87-90H2,1-9H3,(H2,91,112)(H2,92,113)(H,93,128)(H,94,129)(H,95,130)(H,96,131)(H,97,134)(H,98,114)(H,99,127)(H,100,133)(H,101,138)(H,102,124)(H,103,125)(H,104,135)(H,105,136)(H,106,132)(H,107,139)(H,108,126)(H,109,115)(H,110,137)(H,116,117)(H,118,119)(H,120,121)(H,122,123)(H,140,141)/t43-,44-,45-,46-,48-,49-,50-,51-,52-,53-,54-,55-,56-,57-,58-,59-,68-,69-/m0/s1. The first-order valence-corrected chi connectivity index (χ1v) is 45.7. The van der Waals surface area contributed by atoms with Crippen molar-refractivity contribution in [2.24, 2.45) is 52.2 Å². The van der Waals surface area contributed by atoms with E-state index in [0.717, 1.165) is 13.8 Å². The Bertz CT molecular complexity index is 4470. The molecule has 55 heteroatoms. The highest BCUT2D eigenvalue weighted by molar-refractivity contribution is 6.03. The van der Waals surface area contributed by atoms with Crippen LogP contribution in [0.5, 0.6) is 0 Å². The Morgan fingerprint density at radius 3 is 1.07 bits per heavy atom. The summed E-state index contributed by atoms with van der Waals surface area (Å²) >= 11 is 0. The number of aliphatic hydroxyl groups excluding tert-OH is 1. The maximum absolute atomic E-state index is 14.5. The molecule has 0 aliphatic carbocycles. The fourth-order valence-electron chi connectivity index (χ4n) is 13.2. The molecule has 790 valence electrons. The SMILES string of the molecule is CC[C@H](C)[C@H](NC(=O)CNC(=O)[C@H](CO)NC(=O)[C@H](C)NC(=O)[C@H](CCCCN)NC(=O)CNC(=O)[C@H](CC(C)C)NC(=O)[C@H](Cc1ccccc1)NC(=O)[C@H](CC(N)=O)NC(=O)[C@H](C)NC(=O)[C@H](CC(N)=O)NC(=O)[C@H](C)NC(=O)[C@H](CCC(=O)O)NC(=O)[C@H](CCC(=O)O)NC(=O)[C@@H](NC(=O)[C@H](CC(=O)O)NC(=O)[C@H](CCCCN)NC(=O)[C@@H](N)CCCCN)C(C)C)C(=O)N[C@@H](CC(=O)O)C(=O)O. The minimum Gasteiger partial charge on any atom is -0.481 e. The van der Waals surface area contributed by atoms with Crippen LogP contribution in [0.1, 0.15) is 190 Å². The van der Waals surface area contributed by atoms with Crippen LogP contribution in [-0.4, -0.2) is 321 Å². The van der Waals surface area contributed by atoms with Crippen molar-refractivity contribution in [1.29, 1.82) is 0 Å². The third-order valence-corrected chi connectivity index (χ3v) is 21.4. The van der Waals surface area contributed by atoms with Gasteiger partial charge in [0.1, 0.15) is 96.7 Å². The van der Waals surface area contributed by atoms with Gasteiger partial charge >= 0.3 is 29.8 Å². The number of carboxylic acid groups (broad SMARTS) is 5. The molecule has 0 spiro atoms. The number of amides is 20. The van der Waals surface area contributed by atoms with Crippen molar-refractivity contribution in [2.75, 3.05) is 39.3 Å². The number of carboxylic acids is 5. The zero-order valence-electron chi connectivity index (χ0n) is 80.2. The third-order valence-electron chi connectivity index (χ3n) is 21.4. The van der Waals surface area contributed by atoms with Gasteiger partial charge in [-0.3, -0.25) is 115 Å². The van der Waals surface area contributed by atoms with Crippen molar-refractivity contribution in [1.82, 2.24) is 95.7 Å². The number of carbonyl (C=O) groups is 25. The average Bonchev–Trinajstić information content (AvgIpc) is 0.853. The van der Waals surface area contributed by atoms with E-state index in [1.54, 1.807) is 51.1 Å². The van der Waals surface area contributed by atoms with E-state index in [9.17, 15) is 145 Å². The lowest BCUT2D eigenvalue weighted by molar-refractivity contribution is -0.147. The summed E-state index contributed by atoms with van der Waals surface area (Å²) in [4.78, 5) is 332. The lowest BCUT2D eigenvalue weighted by atomic mass is 9.97. The van der Waals surface area contributed by atoms with Gasteiger partial charge in [-0.2, -0.15) is 0 Å². The number of nitrogens with one attached hydrogen (secondary N) is 18. The van der Waals surface area contributed by atoms with Gasteiger partial charge in [0.15, 0.2) is 0 Å². The Labute approximate surface area is 811 Å². The molecule has 36 N–H and O–H groups in total. The van der Waals surface area contributed by atoms with Crippen molar-refractivity contribution in [3.05, 3.63) is 35.9 Å². The molecular weight excluding hydrogens is 1870 g/mol. The Morgan fingerprint density at radius 1 is 0.319 bits per heavy atom. The molecule has 0 aliphatic heterocycles. The Kier molecular flexibility index (Phi) is 58.0. The van der Waals surface area contributed by atoms with Crippen molar-refractivity contribution >= 4 is 148 Å². The zero-order valence-corrected chi connectivity index (χ0v) is 80.2. The molecular formula is C86H140N24O31. The fraction of sp³-hybridized carbons (Fsp3) is 0.640. The molecule has 1 aromatic carbocycles. The van der Waals surface area contributed by atoms with Crippen LogP contribution in [0.25, 0.3) is 0 Å². The number of aliphatic hydroxyl groups is 1. The van der Waals surface area contributed by atoms with Gasteiger partial charge in [0, 0.05) is 19.3 Å². The first kappa shape index (κ1) is 125. The summed E-state index contributed by atoms with van der Waals surface area (Å²) in [5, 5.41) is 99.1. The fourth-order valence-corrected chi connectivity index (χ4v) is 13.2. The first-order valence-electron chi connectivity index (χ1n) is 45.7. The van der Waals surface area contributed by atoms with Crippen molar-refractivity contribution in [2.45, 2.75) is 293 Å². The summed E-state index contributed by atoms with van der Waals surface area (Å²) in [5.74, 6) is -32.5. The van der Waals surface area contributed by atoms with Gasteiger partial charge in [0.2, 0.25) is 118 Å². The molecule has 0 bridgehead atoms. The van der Waals surface area contributed by atoms with Crippen LogP contribution in [-0.2, 0) is 126 Å². The number of rotatable bonds is 71. The zero-order chi connectivity index (χ0) is 107. The molecule has 1 rings (SSSR count). The minimum absolute atomic E-state index is 0.0398. The Morgan fingerprint density at radius 2 is 0.652 bits per heavy atom. The second kappa shape index (κ2) is 65.6. The summed E-state index contributed by atoms with van der Waals surface area (Å²) in [5.41, 5.74) is 34.3. The molecule has 141 heavy (non-hydrogen) atoms. The summed E-state index contributed by atoms with van der Waals surface area (Å²) in [6, 6.07) is -20.8. The number of nitrogens with two attached hydrogens (primary N) is 6. The van der Waals surface area contributed by atoms with Gasteiger partial charge in [0.05, 0.1) is 51.4 Å². The average molecular weight is 2010 g/mol. The molecule has 0 saturated carbocycles. The maximum Gasteiger partial charge on any atom is 0.326 e. The van der Waals surface area contributed by atoms with E-state index in [2.05, 4.69) is 95.7 Å². The Hall–Kier alpha value is -14.2. The van der Waals surface area contributed by atoms with Gasteiger partial charge in [-0.15, -0.1) is 0 Å². The van der Waals surface area contributed by atoms with Gasteiger partial charge in [-0.1, -0.05) is 84.7 Å².